The Kier molecular flexibility index (Phi) is 10.9. The van der Waals surface area contributed by atoms with E-state index in [0.29, 0.717) is 23.8 Å². The largest absolute Gasteiger partial charge is 0.453 e. The van der Waals surface area contributed by atoms with E-state index in [1.54, 1.807) is 17.3 Å². The summed E-state index contributed by atoms with van der Waals surface area (Å²) in [4.78, 5) is 57.2. The van der Waals surface area contributed by atoms with Crippen molar-refractivity contribution < 1.29 is 23.9 Å². The average Bonchev–Trinajstić information content (AvgIpc) is 3.82. The molecule has 0 saturated carbocycles. The van der Waals surface area contributed by atoms with E-state index in [1.165, 1.54) is 14.2 Å². The van der Waals surface area contributed by atoms with Crippen LogP contribution in [0.1, 0.15) is 95.4 Å². The van der Waals surface area contributed by atoms with Crippen molar-refractivity contribution in [3.8, 4) is 11.8 Å². The van der Waals surface area contributed by atoms with Crippen LogP contribution in [0.3, 0.4) is 0 Å². The van der Waals surface area contributed by atoms with E-state index >= 15 is 0 Å². The number of ether oxygens (including phenoxy) is 2. The van der Waals surface area contributed by atoms with Crippen LogP contribution in [0.5, 0.6) is 0 Å². The molecule has 4 heterocycles. The van der Waals surface area contributed by atoms with Crippen LogP contribution in [-0.4, -0.2) is 93.3 Å². The lowest BCUT2D eigenvalue weighted by molar-refractivity contribution is -0.135. The first kappa shape index (κ1) is 32.9. The van der Waals surface area contributed by atoms with Crippen molar-refractivity contribution in [2.75, 3.05) is 27.3 Å². The number of alkyl carbamates (subject to hydrolysis) is 2. The molecule has 2 saturated heterocycles. The summed E-state index contributed by atoms with van der Waals surface area (Å²) in [7, 11) is 2.66. The first-order valence-corrected chi connectivity index (χ1v) is 15.4. The normalized spacial score (nSPS) is 20.6. The molecule has 2 aliphatic rings. The number of nitrogens with zero attached hydrogens (tertiary/aromatic N) is 4. The van der Waals surface area contributed by atoms with Crippen LogP contribution >= 0.6 is 0 Å². The molecular formula is C31H46N8O5. The van der Waals surface area contributed by atoms with Gasteiger partial charge in [0.05, 0.1) is 38.7 Å². The van der Waals surface area contributed by atoms with E-state index in [1.807, 2.05) is 13.8 Å². The van der Waals surface area contributed by atoms with E-state index in [4.69, 9.17) is 9.47 Å². The lowest BCUT2D eigenvalue weighted by Crippen LogP contribution is -2.52. The molecule has 1 unspecified atom stereocenters. The van der Waals surface area contributed by atoms with Crippen LogP contribution in [0.15, 0.2) is 12.4 Å². The van der Waals surface area contributed by atoms with Crippen LogP contribution in [0.2, 0.25) is 0 Å². The highest BCUT2D eigenvalue weighted by molar-refractivity contribution is 5.86. The second-order valence-electron chi connectivity index (χ2n) is 12.2. The molecule has 13 heteroatoms. The zero-order valence-electron chi connectivity index (χ0n) is 26.8. The number of H-pyrrole nitrogens is 2. The summed E-state index contributed by atoms with van der Waals surface area (Å²) in [5.74, 6) is 7.77. The van der Waals surface area contributed by atoms with Crippen molar-refractivity contribution in [1.82, 2.24) is 40.4 Å². The van der Waals surface area contributed by atoms with Crippen LogP contribution in [-0.2, 0) is 14.3 Å². The van der Waals surface area contributed by atoms with Gasteiger partial charge in [0, 0.05) is 18.6 Å². The van der Waals surface area contributed by atoms with Gasteiger partial charge in [-0.1, -0.05) is 27.7 Å². The maximum atomic E-state index is 13.4. The van der Waals surface area contributed by atoms with E-state index in [9.17, 15) is 14.4 Å². The summed E-state index contributed by atoms with van der Waals surface area (Å²) in [6.45, 7) is 11.6. The van der Waals surface area contributed by atoms with E-state index in [0.717, 1.165) is 38.1 Å². The fourth-order valence-electron chi connectivity index (χ4n) is 6.28. The van der Waals surface area contributed by atoms with Gasteiger partial charge in [-0.05, 0) is 62.8 Å². The molecule has 0 spiro atoms. The number of imidazole rings is 2. The summed E-state index contributed by atoms with van der Waals surface area (Å²) in [6.07, 6.45) is 5.96. The fourth-order valence-corrected chi connectivity index (χ4v) is 6.28. The van der Waals surface area contributed by atoms with Gasteiger partial charge in [0.2, 0.25) is 5.91 Å². The smallest absolute Gasteiger partial charge is 0.407 e. The third kappa shape index (κ3) is 7.53. The molecule has 0 bridgehead atoms. The average molecular weight is 611 g/mol. The highest BCUT2D eigenvalue weighted by Gasteiger charge is 2.38. The molecule has 0 aromatic carbocycles. The monoisotopic (exact) mass is 610 g/mol. The molecular weight excluding hydrogens is 564 g/mol. The Labute approximate surface area is 259 Å². The van der Waals surface area contributed by atoms with Gasteiger partial charge in [-0.2, -0.15) is 0 Å². The maximum absolute atomic E-state index is 13.4. The molecule has 2 aliphatic heterocycles. The summed E-state index contributed by atoms with van der Waals surface area (Å²) in [5.41, 5.74) is 1.32. The Balaban J connectivity index is 1.44. The highest BCUT2D eigenvalue weighted by Crippen LogP contribution is 2.34. The van der Waals surface area contributed by atoms with Gasteiger partial charge in [0.25, 0.3) is 0 Å². The molecule has 2 aromatic rings. The third-order valence-electron chi connectivity index (χ3n) is 8.61. The van der Waals surface area contributed by atoms with Crippen molar-refractivity contribution in [2.24, 2.45) is 11.8 Å². The van der Waals surface area contributed by atoms with Crippen molar-refractivity contribution in [2.45, 2.75) is 90.5 Å². The maximum Gasteiger partial charge on any atom is 0.407 e. The van der Waals surface area contributed by atoms with Gasteiger partial charge >= 0.3 is 12.2 Å². The molecule has 0 radical (unpaired) electrons. The molecule has 44 heavy (non-hydrogen) atoms. The van der Waals surface area contributed by atoms with Crippen molar-refractivity contribution in [1.29, 1.82) is 0 Å². The number of rotatable bonds is 9. The Morgan fingerprint density at radius 1 is 0.841 bits per heavy atom. The second-order valence-corrected chi connectivity index (χ2v) is 12.2. The van der Waals surface area contributed by atoms with Gasteiger partial charge in [-0.25, -0.2) is 19.6 Å². The van der Waals surface area contributed by atoms with Crippen molar-refractivity contribution in [3.63, 3.8) is 0 Å². The first-order chi connectivity index (χ1) is 21.0. The van der Waals surface area contributed by atoms with Gasteiger partial charge < -0.3 is 35.0 Å². The number of methoxy groups -OCH3 is 2. The van der Waals surface area contributed by atoms with Gasteiger partial charge in [-0.3, -0.25) is 9.69 Å². The Hall–Kier alpha value is -4.05. The van der Waals surface area contributed by atoms with Gasteiger partial charge in [0.1, 0.15) is 29.1 Å². The second kappa shape index (κ2) is 14.6. The number of hydrogen-bond acceptors (Lipinski definition) is 8. The van der Waals surface area contributed by atoms with Crippen molar-refractivity contribution in [3.05, 3.63) is 35.4 Å². The minimum Gasteiger partial charge on any atom is -0.453 e. The number of carbonyl (C=O) groups is 3. The molecule has 3 amide bonds. The Morgan fingerprint density at radius 2 is 1.39 bits per heavy atom. The summed E-state index contributed by atoms with van der Waals surface area (Å²) in [6, 6.07) is -0.812. The third-order valence-corrected chi connectivity index (χ3v) is 8.61. The molecule has 13 nitrogen and oxygen atoms in total. The van der Waals surface area contributed by atoms with Crippen LogP contribution in [0.25, 0.3) is 0 Å². The van der Waals surface area contributed by atoms with Gasteiger partial charge in [0.15, 0.2) is 0 Å². The highest BCUT2D eigenvalue weighted by atomic mass is 16.5. The molecule has 5 atom stereocenters. The fraction of sp³-hybridized carbons (Fsp3) is 0.645. The molecule has 240 valence electrons. The number of aromatic nitrogens is 4. The van der Waals surface area contributed by atoms with Crippen LogP contribution in [0, 0.1) is 23.7 Å². The predicted molar refractivity (Wildman–Crippen MR) is 163 cm³/mol. The SMILES string of the molecule is COC(=O)N[C@@H](C(C)C)C(C)N1CCC[C@H]1c1ncc(C#Cc2cnc([C@@H]3CCCN3C(=O)[C@@H](NC(=O)OC)C(C)C)[nH]2)[nH]1. The minimum absolute atomic E-state index is 0.0710. The number of nitrogens with one attached hydrogen (secondary N) is 4. The lowest BCUT2D eigenvalue weighted by Gasteiger charge is -2.37. The van der Waals surface area contributed by atoms with Gasteiger partial charge in [-0.15, -0.1) is 0 Å². The number of carbonyl (C=O) groups excluding carboxylic acids is 3. The van der Waals surface area contributed by atoms with Crippen LogP contribution in [0.4, 0.5) is 9.59 Å². The number of hydrogen-bond donors (Lipinski definition) is 4. The zero-order valence-corrected chi connectivity index (χ0v) is 26.8. The standard InChI is InChI=1S/C31H46N8O5/c1-18(2)25(36-30(41)43-6)20(5)38-14-8-10-23(38)27-32-16-21(34-27)12-13-22-17-33-28(35-22)24-11-9-15-39(24)29(40)26(19(3)4)37-31(42)44-7/h16-20,23-26H,8-11,14-15H2,1-7H3,(H,32,34)(H,33,35)(H,36,41)(H,37,42)/t20?,23-,24-,25-,26-/m0/s1. The summed E-state index contributed by atoms with van der Waals surface area (Å²) in [5, 5.41) is 5.67. The molecule has 4 rings (SSSR count). The molecule has 0 aliphatic carbocycles. The lowest BCUT2D eigenvalue weighted by atomic mass is 9.96. The number of amides is 3. The number of aromatic amines is 2. The van der Waals surface area contributed by atoms with E-state index in [-0.39, 0.29) is 41.9 Å². The zero-order chi connectivity index (χ0) is 32.0. The van der Waals surface area contributed by atoms with E-state index < -0.39 is 18.2 Å². The quantitative estimate of drug-likeness (QED) is 0.314. The number of likely N-dealkylation sites (tertiary alicyclic amines) is 2. The predicted octanol–water partition coefficient (Wildman–Crippen LogP) is 3.48. The Bertz CT molecular complexity index is 1360. The first-order valence-electron chi connectivity index (χ1n) is 15.4. The topological polar surface area (TPSA) is 158 Å². The van der Waals surface area contributed by atoms with Crippen molar-refractivity contribution >= 4 is 18.1 Å². The molecule has 4 N–H and O–H groups in total. The summed E-state index contributed by atoms with van der Waals surface area (Å²) >= 11 is 0. The van der Waals surface area contributed by atoms with Crippen LogP contribution < -0.4 is 10.6 Å². The summed E-state index contributed by atoms with van der Waals surface area (Å²) < 4.78 is 9.58. The Morgan fingerprint density at radius 3 is 1.95 bits per heavy atom. The van der Waals surface area contributed by atoms with E-state index in [2.05, 4.69) is 68.1 Å². The molecule has 2 aromatic heterocycles. The molecule has 2 fully saturated rings. The minimum atomic E-state index is -0.689.